The van der Waals surface area contributed by atoms with Crippen molar-refractivity contribution in [1.82, 2.24) is 5.32 Å². The van der Waals surface area contributed by atoms with Crippen LogP contribution in [0.2, 0.25) is 0 Å². The Morgan fingerprint density at radius 2 is 1.89 bits per heavy atom. The molecule has 0 aliphatic carbocycles. The molecule has 3 N–H and O–H groups in total. The molecule has 1 aromatic rings. The van der Waals surface area contributed by atoms with Gasteiger partial charge in [-0.15, -0.1) is 0 Å². The minimum absolute atomic E-state index is 0.287. The van der Waals surface area contributed by atoms with E-state index < -0.39 is 5.54 Å². The Balaban J connectivity index is 2.64. The van der Waals surface area contributed by atoms with Gasteiger partial charge < -0.3 is 15.5 Å². The Morgan fingerprint density at radius 3 is 2.39 bits per heavy atom. The van der Waals surface area contributed by atoms with Crippen LogP contribution in [0.5, 0.6) is 0 Å². The van der Waals surface area contributed by atoms with E-state index in [2.05, 4.69) is 5.32 Å². The fourth-order valence-electron chi connectivity index (χ4n) is 1.48. The summed E-state index contributed by atoms with van der Waals surface area (Å²) in [7, 11) is 0. The molecule has 0 spiro atoms. The first-order valence-electron chi connectivity index (χ1n) is 5.93. The van der Waals surface area contributed by atoms with E-state index in [1.165, 1.54) is 6.08 Å². The predicted octanol–water partition coefficient (Wildman–Crippen LogP) is 0.949. The molecule has 1 amide bonds. The molecule has 1 rings (SSSR count). The van der Waals surface area contributed by atoms with Crippen LogP contribution in [0.3, 0.4) is 0 Å². The molecular formula is C14H19NO3. The maximum atomic E-state index is 11.7. The van der Waals surface area contributed by atoms with Crippen molar-refractivity contribution in [2.45, 2.75) is 18.9 Å². The molecule has 0 aliphatic rings. The Morgan fingerprint density at radius 1 is 1.28 bits per heavy atom. The lowest BCUT2D eigenvalue weighted by molar-refractivity contribution is -0.119. The van der Waals surface area contributed by atoms with Gasteiger partial charge in [-0.2, -0.15) is 0 Å². The van der Waals surface area contributed by atoms with Gasteiger partial charge in [0.25, 0.3) is 0 Å². The second-order valence-corrected chi connectivity index (χ2v) is 4.18. The Hall–Kier alpha value is -1.65. The number of nitrogens with one attached hydrogen (secondary N) is 1. The molecule has 0 aromatic heterocycles. The van der Waals surface area contributed by atoms with Crippen LogP contribution in [0.25, 0.3) is 6.08 Å². The molecule has 0 aliphatic heterocycles. The molecule has 0 bridgehead atoms. The normalized spacial score (nSPS) is 11.7. The molecule has 0 saturated carbocycles. The smallest absolute Gasteiger partial charge is 0.244 e. The van der Waals surface area contributed by atoms with Crippen LogP contribution in [0, 0.1) is 0 Å². The number of carbonyl (C=O) groups excluding carboxylic acids is 1. The number of amides is 1. The van der Waals surface area contributed by atoms with E-state index in [-0.39, 0.29) is 19.1 Å². The molecule has 0 saturated heterocycles. The summed E-state index contributed by atoms with van der Waals surface area (Å²) < 4.78 is 0. The molecule has 0 atom stereocenters. The summed E-state index contributed by atoms with van der Waals surface area (Å²) in [5.74, 6) is -0.330. The SMILES string of the molecule is CCC(CO)(CO)NC(=O)/C=C/c1ccccc1. The van der Waals surface area contributed by atoms with Gasteiger partial charge in [0.05, 0.1) is 18.8 Å². The van der Waals surface area contributed by atoms with Gasteiger partial charge in [-0.25, -0.2) is 0 Å². The average molecular weight is 249 g/mol. The summed E-state index contributed by atoms with van der Waals surface area (Å²) in [5, 5.41) is 21.0. The highest BCUT2D eigenvalue weighted by molar-refractivity contribution is 5.92. The zero-order valence-electron chi connectivity index (χ0n) is 10.5. The van der Waals surface area contributed by atoms with Gasteiger partial charge in [-0.05, 0) is 18.1 Å². The van der Waals surface area contributed by atoms with Crippen molar-refractivity contribution in [1.29, 1.82) is 0 Å². The number of hydrogen-bond donors (Lipinski definition) is 3. The number of aliphatic hydroxyl groups is 2. The number of rotatable bonds is 6. The van der Waals surface area contributed by atoms with Crippen LogP contribution in [0.4, 0.5) is 0 Å². The molecule has 4 nitrogen and oxygen atoms in total. The summed E-state index contributed by atoms with van der Waals surface area (Å²) in [6.45, 7) is 1.23. The van der Waals surface area contributed by atoms with E-state index in [0.717, 1.165) is 5.56 Å². The number of hydrogen-bond acceptors (Lipinski definition) is 3. The van der Waals surface area contributed by atoms with Crippen LogP contribution >= 0.6 is 0 Å². The minimum atomic E-state index is -0.946. The largest absolute Gasteiger partial charge is 0.394 e. The maximum absolute atomic E-state index is 11.7. The highest BCUT2D eigenvalue weighted by Crippen LogP contribution is 2.08. The summed E-state index contributed by atoms with van der Waals surface area (Å²) >= 11 is 0. The van der Waals surface area contributed by atoms with Crippen LogP contribution < -0.4 is 5.32 Å². The third kappa shape index (κ3) is 3.98. The molecule has 1 aromatic carbocycles. The van der Waals surface area contributed by atoms with E-state index >= 15 is 0 Å². The van der Waals surface area contributed by atoms with E-state index in [0.29, 0.717) is 6.42 Å². The first-order chi connectivity index (χ1) is 8.65. The van der Waals surface area contributed by atoms with E-state index in [9.17, 15) is 15.0 Å². The second-order valence-electron chi connectivity index (χ2n) is 4.18. The van der Waals surface area contributed by atoms with Crippen molar-refractivity contribution < 1.29 is 15.0 Å². The Kier molecular flexibility index (Phi) is 5.55. The number of carbonyl (C=O) groups is 1. The lowest BCUT2D eigenvalue weighted by atomic mass is 9.98. The van der Waals surface area contributed by atoms with Crippen molar-refractivity contribution in [3.63, 3.8) is 0 Å². The average Bonchev–Trinajstić information content (AvgIpc) is 2.44. The standard InChI is InChI=1S/C14H19NO3/c1-2-14(10-16,11-17)15-13(18)9-8-12-6-4-3-5-7-12/h3-9,16-17H,2,10-11H2,1H3,(H,15,18)/b9-8+. The van der Waals surface area contributed by atoms with Gasteiger partial charge in [-0.3, -0.25) is 4.79 Å². The third-order valence-electron chi connectivity index (χ3n) is 2.90. The van der Waals surface area contributed by atoms with Gasteiger partial charge in [-0.1, -0.05) is 37.3 Å². The van der Waals surface area contributed by atoms with Crippen molar-refractivity contribution >= 4 is 12.0 Å². The monoisotopic (exact) mass is 249 g/mol. The highest BCUT2D eigenvalue weighted by Gasteiger charge is 2.27. The fraction of sp³-hybridized carbons (Fsp3) is 0.357. The molecule has 4 heteroatoms. The Labute approximate surface area is 107 Å². The number of benzene rings is 1. The maximum Gasteiger partial charge on any atom is 0.244 e. The lowest BCUT2D eigenvalue weighted by Crippen LogP contribution is -2.53. The quantitative estimate of drug-likeness (QED) is 0.657. The first kappa shape index (κ1) is 14.4. The Bertz CT molecular complexity index is 388. The lowest BCUT2D eigenvalue weighted by Gasteiger charge is -2.28. The summed E-state index contributed by atoms with van der Waals surface area (Å²) in [6, 6.07) is 9.44. The fourth-order valence-corrected chi connectivity index (χ4v) is 1.48. The van der Waals surface area contributed by atoms with Crippen LogP contribution in [0.1, 0.15) is 18.9 Å². The van der Waals surface area contributed by atoms with Crippen LogP contribution in [-0.4, -0.2) is 34.9 Å². The van der Waals surface area contributed by atoms with Gasteiger partial charge in [0.1, 0.15) is 0 Å². The highest BCUT2D eigenvalue weighted by atomic mass is 16.3. The first-order valence-corrected chi connectivity index (χ1v) is 5.93. The molecule has 0 heterocycles. The summed E-state index contributed by atoms with van der Waals surface area (Å²) in [6.07, 6.45) is 3.54. The molecule has 0 radical (unpaired) electrons. The van der Waals surface area contributed by atoms with E-state index in [1.807, 2.05) is 30.3 Å². The van der Waals surface area contributed by atoms with Crippen molar-refractivity contribution in [2.75, 3.05) is 13.2 Å². The van der Waals surface area contributed by atoms with Crippen molar-refractivity contribution in [3.8, 4) is 0 Å². The molecule has 18 heavy (non-hydrogen) atoms. The number of aliphatic hydroxyl groups excluding tert-OH is 2. The van der Waals surface area contributed by atoms with E-state index in [1.54, 1.807) is 13.0 Å². The molecule has 0 fully saturated rings. The molecular weight excluding hydrogens is 230 g/mol. The van der Waals surface area contributed by atoms with Crippen LogP contribution in [-0.2, 0) is 4.79 Å². The predicted molar refractivity (Wildman–Crippen MR) is 70.8 cm³/mol. The summed E-state index contributed by atoms with van der Waals surface area (Å²) in [4.78, 5) is 11.7. The molecule has 0 unspecified atom stereocenters. The summed E-state index contributed by atoms with van der Waals surface area (Å²) in [5.41, 5.74) is -0.0271. The van der Waals surface area contributed by atoms with E-state index in [4.69, 9.17) is 0 Å². The molecule has 98 valence electrons. The zero-order valence-corrected chi connectivity index (χ0v) is 10.5. The van der Waals surface area contributed by atoms with Crippen LogP contribution in [0.15, 0.2) is 36.4 Å². The van der Waals surface area contributed by atoms with Gasteiger partial charge >= 0.3 is 0 Å². The van der Waals surface area contributed by atoms with Gasteiger partial charge in [0, 0.05) is 6.08 Å². The minimum Gasteiger partial charge on any atom is -0.394 e. The van der Waals surface area contributed by atoms with Crippen molar-refractivity contribution in [3.05, 3.63) is 42.0 Å². The van der Waals surface area contributed by atoms with Gasteiger partial charge in [0.15, 0.2) is 0 Å². The zero-order chi connectivity index (χ0) is 13.4. The second kappa shape index (κ2) is 6.93. The van der Waals surface area contributed by atoms with Crippen molar-refractivity contribution in [2.24, 2.45) is 0 Å². The topological polar surface area (TPSA) is 69.6 Å². The third-order valence-corrected chi connectivity index (χ3v) is 2.90. The van der Waals surface area contributed by atoms with Gasteiger partial charge in [0.2, 0.25) is 5.91 Å².